The van der Waals surface area contributed by atoms with Crippen LogP contribution in [0.15, 0.2) is 54.6 Å². The smallest absolute Gasteiger partial charge is 0.129 e. The number of hydrogen-bond donors (Lipinski definition) is 0. The van der Waals surface area contributed by atoms with Crippen molar-refractivity contribution in [1.82, 2.24) is 4.98 Å². The fraction of sp³-hybridized carbons (Fsp3) is 0.167. The van der Waals surface area contributed by atoms with Gasteiger partial charge in [0, 0.05) is 17.2 Å². The molecule has 0 aliphatic heterocycles. The molecule has 2 aromatic carbocycles. The lowest BCUT2D eigenvalue weighted by Gasteiger charge is -2.16. The summed E-state index contributed by atoms with van der Waals surface area (Å²) < 4.78 is 20.0. The number of allylic oxidation sites excluding steroid dienone is 2. The number of benzene rings is 2. The third-order valence-electron chi connectivity index (χ3n) is 5.17. The molecule has 158 valence electrons. The quantitative estimate of drug-likeness (QED) is 0.486. The van der Waals surface area contributed by atoms with E-state index in [0.29, 0.717) is 27.1 Å². The van der Waals surface area contributed by atoms with Crippen molar-refractivity contribution in [1.29, 1.82) is 0 Å². The van der Waals surface area contributed by atoms with Crippen molar-refractivity contribution >= 4 is 40.3 Å². The molecule has 4 rings (SSSR count). The lowest BCUT2D eigenvalue weighted by molar-refractivity contribution is -0.255. The van der Waals surface area contributed by atoms with Gasteiger partial charge in [-0.2, -0.15) is 0 Å². The number of carboxylic acid groups (broad SMARTS) is 1. The third-order valence-corrected chi connectivity index (χ3v) is 5.90. The Morgan fingerprint density at radius 1 is 1.03 bits per heavy atom. The first-order valence-electron chi connectivity index (χ1n) is 9.70. The van der Waals surface area contributed by atoms with Crippen molar-refractivity contribution in [3.8, 4) is 5.75 Å². The Hall–Kier alpha value is -2.89. The second-order valence-electron chi connectivity index (χ2n) is 7.15. The van der Waals surface area contributed by atoms with E-state index >= 15 is 0 Å². The average Bonchev–Trinajstić information content (AvgIpc) is 3.25. The molecule has 1 aliphatic carbocycles. The van der Waals surface area contributed by atoms with Gasteiger partial charge in [0.05, 0.1) is 27.4 Å². The third kappa shape index (κ3) is 4.58. The number of carbonyl (C=O) groups excluding carboxylic acids is 1. The Labute approximate surface area is 188 Å². The van der Waals surface area contributed by atoms with Gasteiger partial charge in [0.15, 0.2) is 0 Å². The van der Waals surface area contributed by atoms with Crippen LogP contribution >= 0.6 is 23.2 Å². The highest BCUT2D eigenvalue weighted by Crippen LogP contribution is 2.44. The van der Waals surface area contributed by atoms with Gasteiger partial charge in [-0.25, -0.2) is 9.37 Å². The molecule has 0 fully saturated rings. The minimum absolute atomic E-state index is 0.0265. The first kappa shape index (κ1) is 21.3. The zero-order valence-electron chi connectivity index (χ0n) is 16.3. The molecule has 0 amide bonds. The zero-order valence-corrected chi connectivity index (χ0v) is 17.8. The summed E-state index contributed by atoms with van der Waals surface area (Å²) in [5.74, 6) is -1.21. The molecule has 31 heavy (non-hydrogen) atoms. The normalized spacial score (nSPS) is 13.5. The summed E-state index contributed by atoms with van der Waals surface area (Å²) in [7, 11) is 0. The van der Waals surface area contributed by atoms with Crippen molar-refractivity contribution in [2.75, 3.05) is 0 Å². The van der Waals surface area contributed by atoms with E-state index in [1.807, 2.05) is 0 Å². The van der Waals surface area contributed by atoms with Crippen molar-refractivity contribution in [2.24, 2.45) is 0 Å². The molecular weight excluding hydrogens is 440 g/mol. The molecule has 0 atom stereocenters. The lowest BCUT2D eigenvalue weighted by atomic mass is 9.98. The monoisotopic (exact) mass is 456 g/mol. The SMILES string of the molecule is O=C([O-])c1cccc(C2=C(c3cc(Cl)c(Cl)cc3OCc3ccccc3F)CCC2)n1. The number of hydrogen-bond acceptors (Lipinski definition) is 4. The summed E-state index contributed by atoms with van der Waals surface area (Å²) in [5.41, 5.74) is 3.46. The maximum Gasteiger partial charge on any atom is 0.129 e. The number of carboxylic acids is 1. The Kier molecular flexibility index (Phi) is 6.25. The molecule has 1 aliphatic rings. The van der Waals surface area contributed by atoms with Gasteiger partial charge in [0.25, 0.3) is 0 Å². The molecule has 3 aromatic rings. The van der Waals surface area contributed by atoms with E-state index < -0.39 is 5.97 Å². The van der Waals surface area contributed by atoms with Crippen molar-refractivity contribution in [3.05, 3.63) is 93.0 Å². The van der Waals surface area contributed by atoms with Gasteiger partial charge in [-0.05, 0) is 54.7 Å². The maximum atomic E-state index is 14.0. The number of aromatic nitrogens is 1. The van der Waals surface area contributed by atoms with E-state index in [1.54, 1.807) is 42.5 Å². The van der Waals surface area contributed by atoms with Crippen LogP contribution in [0, 0.1) is 5.82 Å². The van der Waals surface area contributed by atoms with Crippen LogP contribution in [0.4, 0.5) is 4.39 Å². The van der Waals surface area contributed by atoms with Gasteiger partial charge < -0.3 is 14.6 Å². The summed E-state index contributed by atoms with van der Waals surface area (Å²) in [6, 6.07) is 14.5. The molecule has 0 N–H and O–H groups in total. The summed E-state index contributed by atoms with van der Waals surface area (Å²) in [6.07, 6.45) is 2.33. The van der Waals surface area contributed by atoms with E-state index in [4.69, 9.17) is 27.9 Å². The number of ether oxygens (including phenoxy) is 1. The molecule has 0 saturated heterocycles. The highest BCUT2D eigenvalue weighted by atomic mass is 35.5. The molecule has 0 saturated carbocycles. The Balaban J connectivity index is 1.76. The van der Waals surface area contributed by atoms with Crippen LogP contribution in [0.1, 0.15) is 46.6 Å². The summed E-state index contributed by atoms with van der Waals surface area (Å²) in [5, 5.41) is 11.9. The molecule has 0 unspecified atom stereocenters. The van der Waals surface area contributed by atoms with Gasteiger partial charge in [0.2, 0.25) is 0 Å². The van der Waals surface area contributed by atoms with Crippen LogP contribution in [-0.2, 0) is 6.61 Å². The minimum atomic E-state index is -1.33. The first-order valence-corrected chi connectivity index (χ1v) is 10.5. The van der Waals surface area contributed by atoms with Gasteiger partial charge in [-0.1, -0.05) is 47.5 Å². The summed E-state index contributed by atoms with van der Waals surface area (Å²) in [6.45, 7) is 0.0265. The highest BCUT2D eigenvalue weighted by molar-refractivity contribution is 6.42. The van der Waals surface area contributed by atoms with Crippen LogP contribution in [0.2, 0.25) is 10.0 Å². The highest BCUT2D eigenvalue weighted by Gasteiger charge is 2.23. The maximum absolute atomic E-state index is 14.0. The number of nitrogens with zero attached hydrogens (tertiary/aromatic N) is 1. The van der Waals surface area contributed by atoms with Crippen molar-refractivity contribution in [2.45, 2.75) is 25.9 Å². The van der Waals surface area contributed by atoms with Gasteiger partial charge in [0.1, 0.15) is 18.2 Å². The fourth-order valence-corrected chi connectivity index (χ4v) is 4.01. The fourth-order valence-electron chi connectivity index (χ4n) is 3.69. The molecule has 1 aromatic heterocycles. The van der Waals surface area contributed by atoms with Crippen LogP contribution in [0.3, 0.4) is 0 Å². The predicted molar refractivity (Wildman–Crippen MR) is 116 cm³/mol. The number of pyridine rings is 1. The van der Waals surface area contributed by atoms with Gasteiger partial charge >= 0.3 is 0 Å². The van der Waals surface area contributed by atoms with E-state index in [9.17, 15) is 14.3 Å². The van der Waals surface area contributed by atoms with E-state index in [-0.39, 0.29) is 18.1 Å². The van der Waals surface area contributed by atoms with Gasteiger partial charge in [-0.3, -0.25) is 0 Å². The van der Waals surface area contributed by atoms with E-state index in [2.05, 4.69) is 4.98 Å². The van der Waals surface area contributed by atoms with Gasteiger partial charge in [-0.15, -0.1) is 0 Å². The zero-order chi connectivity index (χ0) is 22.0. The van der Waals surface area contributed by atoms with Crippen LogP contribution in [-0.4, -0.2) is 11.0 Å². The first-order chi connectivity index (χ1) is 14.9. The second kappa shape index (κ2) is 9.08. The molecule has 0 radical (unpaired) electrons. The largest absolute Gasteiger partial charge is 0.543 e. The minimum Gasteiger partial charge on any atom is -0.543 e. The Bertz CT molecular complexity index is 1190. The number of aromatic carboxylic acids is 1. The Morgan fingerprint density at radius 3 is 2.55 bits per heavy atom. The Morgan fingerprint density at radius 2 is 1.77 bits per heavy atom. The van der Waals surface area contributed by atoms with Crippen molar-refractivity contribution < 1.29 is 19.0 Å². The molecule has 0 spiro atoms. The topological polar surface area (TPSA) is 62.2 Å². The second-order valence-corrected chi connectivity index (χ2v) is 7.96. The standard InChI is InChI=1S/C24H18Cl2FNO3/c25-18-11-17(23(12-19(18)26)31-13-14-5-1-2-8-20(14)27)15-6-3-7-16(15)21-9-4-10-22(28-21)24(29)30/h1-2,4-5,8-12H,3,6-7,13H2,(H,29,30)/p-1. The number of halogens is 3. The molecular formula is C24H17Cl2FNO3-. The number of rotatable bonds is 6. The average molecular weight is 457 g/mol. The lowest BCUT2D eigenvalue weighted by Crippen LogP contribution is -2.23. The van der Waals surface area contributed by atoms with Crippen LogP contribution in [0.25, 0.3) is 11.1 Å². The number of carbonyl (C=O) groups is 1. The molecule has 4 nitrogen and oxygen atoms in total. The van der Waals surface area contributed by atoms with Crippen molar-refractivity contribution in [3.63, 3.8) is 0 Å². The van der Waals surface area contributed by atoms with Crippen LogP contribution in [0.5, 0.6) is 5.75 Å². The molecule has 0 bridgehead atoms. The molecule has 7 heteroatoms. The van der Waals surface area contributed by atoms with E-state index in [1.165, 1.54) is 12.1 Å². The molecule has 1 heterocycles. The summed E-state index contributed by atoms with van der Waals surface area (Å²) in [4.78, 5) is 15.5. The predicted octanol–water partition coefficient (Wildman–Crippen LogP) is 5.56. The van der Waals surface area contributed by atoms with E-state index in [0.717, 1.165) is 36.0 Å². The van der Waals surface area contributed by atoms with Crippen LogP contribution < -0.4 is 9.84 Å². The summed E-state index contributed by atoms with van der Waals surface area (Å²) >= 11 is 12.5.